The van der Waals surface area contributed by atoms with Gasteiger partial charge in [-0.05, 0) is 45.7 Å². The lowest BCUT2D eigenvalue weighted by Gasteiger charge is -2.31. The molecule has 130 valence electrons. The fraction of sp³-hybridized carbons (Fsp3) is 0.471. The van der Waals surface area contributed by atoms with Gasteiger partial charge in [-0.3, -0.25) is 9.89 Å². The molecule has 1 atom stereocenters. The van der Waals surface area contributed by atoms with Crippen LogP contribution in [0.15, 0.2) is 12.1 Å². The van der Waals surface area contributed by atoms with E-state index in [0.717, 1.165) is 42.2 Å². The van der Waals surface area contributed by atoms with Gasteiger partial charge in [0, 0.05) is 36.1 Å². The molecule has 4 heterocycles. The van der Waals surface area contributed by atoms with Crippen LogP contribution in [0.3, 0.4) is 0 Å². The van der Waals surface area contributed by atoms with Gasteiger partial charge < -0.3 is 4.90 Å². The average molecular weight is 339 g/mol. The van der Waals surface area contributed by atoms with Gasteiger partial charge in [-0.2, -0.15) is 10.1 Å². The van der Waals surface area contributed by atoms with Gasteiger partial charge in [0.15, 0.2) is 0 Å². The van der Waals surface area contributed by atoms with Gasteiger partial charge in [-0.25, -0.2) is 9.50 Å². The van der Waals surface area contributed by atoms with E-state index in [-0.39, 0.29) is 17.6 Å². The molecular formula is C17H21N7O. The summed E-state index contributed by atoms with van der Waals surface area (Å²) in [5.74, 6) is 0.790. The molecule has 8 nitrogen and oxygen atoms in total. The van der Waals surface area contributed by atoms with Crippen molar-refractivity contribution in [3.8, 4) is 0 Å². The highest BCUT2D eigenvalue weighted by molar-refractivity contribution is 5.91. The third kappa shape index (κ3) is 2.88. The lowest BCUT2D eigenvalue weighted by atomic mass is 9.94. The Morgan fingerprint density at radius 3 is 2.84 bits per heavy atom. The number of carbonyl (C=O) groups is 1. The largest absolute Gasteiger partial charge is 0.335 e. The molecule has 3 aromatic rings. The Balaban J connectivity index is 1.59. The van der Waals surface area contributed by atoms with E-state index in [1.165, 1.54) is 0 Å². The zero-order chi connectivity index (χ0) is 17.6. The molecule has 25 heavy (non-hydrogen) atoms. The lowest BCUT2D eigenvalue weighted by molar-refractivity contribution is 0.0693. The molecule has 0 bridgehead atoms. The van der Waals surface area contributed by atoms with Gasteiger partial charge in [-0.1, -0.05) is 0 Å². The van der Waals surface area contributed by atoms with Crippen LogP contribution in [0.5, 0.6) is 0 Å². The topological polar surface area (TPSA) is 92.1 Å². The van der Waals surface area contributed by atoms with Crippen molar-refractivity contribution in [2.75, 3.05) is 13.1 Å². The predicted molar refractivity (Wildman–Crippen MR) is 91.5 cm³/mol. The van der Waals surface area contributed by atoms with Crippen molar-refractivity contribution in [1.82, 2.24) is 34.7 Å². The summed E-state index contributed by atoms with van der Waals surface area (Å²) in [6.45, 7) is 7.19. The second-order valence-corrected chi connectivity index (χ2v) is 6.75. The SMILES string of the molecule is Cc1cc(C)n2nc(C(=O)N3CCC[C@H](c4cc(C)[nH]n4)C3)nc2n1. The summed E-state index contributed by atoms with van der Waals surface area (Å²) in [6, 6.07) is 3.98. The van der Waals surface area contributed by atoms with Gasteiger partial charge in [0.2, 0.25) is 5.82 Å². The minimum Gasteiger partial charge on any atom is -0.335 e. The molecule has 0 unspecified atom stereocenters. The first kappa shape index (κ1) is 15.7. The highest BCUT2D eigenvalue weighted by atomic mass is 16.2. The Bertz CT molecular complexity index is 942. The molecule has 1 fully saturated rings. The molecule has 1 aliphatic heterocycles. The first-order valence-corrected chi connectivity index (χ1v) is 8.53. The number of piperidine rings is 1. The quantitative estimate of drug-likeness (QED) is 0.768. The smallest absolute Gasteiger partial charge is 0.293 e. The Hall–Kier alpha value is -2.77. The summed E-state index contributed by atoms with van der Waals surface area (Å²) in [6.07, 6.45) is 1.98. The second-order valence-electron chi connectivity index (χ2n) is 6.75. The van der Waals surface area contributed by atoms with Crippen LogP contribution in [0, 0.1) is 20.8 Å². The van der Waals surface area contributed by atoms with Crippen LogP contribution in [0.2, 0.25) is 0 Å². The number of likely N-dealkylation sites (tertiary alicyclic amines) is 1. The number of hydrogen-bond acceptors (Lipinski definition) is 5. The second kappa shape index (κ2) is 5.94. The van der Waals surface area contributed by atoms with E-state index >= 15 is 0 Å². The van der Waals surface area contributed by atoms with Crippen LogP contribution >= 0.6 is 0 Å². The molecule has 1 saturated heterocycles. The predicted octanol–water partition coefficient (Wildman–Crippen LogP) is 1.79. The third-order valence-electron chi connectivity index (χ3n) is 4.66. The van der Waals surface area contributed by atoms with Crippen molar-refractivity contribution in [2.45, 2.75) is 39.5 Å². The summed E-state index contributed by atoms with van der Waals surface area (Å²) in [5, 5.41) is 11.7. The Morgan fingerprint density at radius 2 is 2.08 bits per heavy atom. The third-order valence-corrected chi connectivity index (χ3v) is 4.66. The first-order valence-electron chi connectivity index (χ1n) is 8.53. The average Bonchev–Trinajstić information content (AvgIpc) is 3.21. The van der Waals surface area contributed by atoms with E-state index in [2.05, 4.69) is 31.3 Å². The van der Waals surface area contributed by atoms with Gasteiger partial charge in [0.1, 0.15) is 0 Å². The Morgan fingerprint density at radius 1 is 1.24 bits per heavy atom. The van der Waals surface area contributed by atoms with E-state index in [1.807, 2.05) is 31.7 Å². The fourth-order valence-corrected chi connectivity index (χ4v) is 3.45. The standard InChI is InChI=1S/C17H21N7O/c1-10-7-12(3)24-17(18-10)19-15(22-24)16(25)23-6-4-5-13(9-23)14-8-11(2)20-21-14/h7-8,13H,4-6,9H2,1-3H3,(H,20,21)/t13-/m0/s1. The van der Waals surface area contributed by atoms with Crippen LogP contribution in [0.25, 0.3) is 5.78 Å². The van der Waals surface area contributed by atoms with Crippen LogP contribution in [-0.2, 0) is 0 Å². The van der Waals surface area contributed by atoms with E-state index < -0.39 is 0 Å². The molecule has 1 amide bonds. The fourth-order valence-electron chi connectivity index (χ4n) is 3.45. The van der Waals surface area contributed by atoms with Crippen molar-refractivity contribution in [3.05, 3.63) is 40.7 Å². The highest BCUT2D eigenvalue weighted by Gasteiger charge is 2.29. The molecule has 8 heteroatoms. The Labute approximate surface area is 145 Å². The number of amides is 1. The summed E-state index contributed by atoms with van der Waals surface area (Å²) in [7, 11) is 0. The molecule has 0 spiro atoms. The van der Waals surface area contributed by atoms with Crippen molar-refractivity contribution < 1.29 is 4.79 Å². The number of aromatic nitrogens is 6. The monoisotopic (exact) mass is 339 g/mol. The van der Waals surface area contributed by atoms with Crippen LogP contribution in [-0.4, -0.2) is 53.7 Å². The first-order chi connectivity index (χ1) is 12.0. The number of nitrogens with zero attached hydrogens (tertiary/aromatic N) is 6. The molecule has 0 aliphatic carbocycles. The van der Waals surface area contributed by atoms with E-state index in [4.69, 9.17) is 0 Å². The number of fused-ring (bicyclic) bond motifs is 1. The van der Waals surface area contributed by atoms with Gasteiger partial charge in [-0.15, -0.1) is 5.10 Å². The highest BCUT2D eigenvalue weighted by Crippen LogP contribution is 2.26. The molecule has 3 aromatic heterocycles. The molecule has 1 N–H and O–H groups in total. The molecule has 0 aromatic carbocycles. The minimum absolute atomic E-state index is 0.139. The summed E-state index contributed by atoms with van der Waals surface area (Å²) in [4.78, 5) is 23.4. The molecular weight excluding hydrogens is 318 g/mol. The Kier molecular flexibility index (Phi) is 3.74. The number of hydrogen-bond donors (Lipinski definition) is 1. The van der Waals surface area contributed by atoms with E-state index in [9.17, 15) is 4.79 Å². The lowest BCUT2D eigenvalue weighted by Crippen LogP contribution is -2.39. The van der Waals surface area contributed by atoms with Gasteiger partial charge in [0.25, 0.3) is 11.7 Å². The maximum absolute atomic E-state index is 12.9. The minimum atomic E-state index is -0.139. The number of nitrogens with one attached hydrogen (secondary N) is 1. The molecule has 0 radical (unpaired) electrons. The van der Waals surface area contributed by atoms with Crippen LogP contribution in [0.4, 0.5) is 0 Å². The molecule has 0 saturated carbocycles. The zero-order valence-electron chi connectivity index (χ0n) is 14.7. The van der Waals surface area contributed by atoms with Crippen molar-refractivity contribution >= 4 is 11.7 Å². The number of rotatable bonds is 2. The molecule has 4 rings (SSSR count). The maximum atomic E-state index is 12.9. The van der Waals surface area contributed by atoms with Crippen molar-refractivity contribution in [2.24, 2.45) is 0 Å². The van der Waals surface area contributed by atoms with Crippen molar-refractivity contribution in [3.63, 3.8) is 0 Å². The van der Waals surface area contributed by atoms with E-state index in [1.54, 1.807) is 4.52 Å². The number of aromatic amines is 1. The normalized spacial score (nSPS) is 18.0. The zero-order valence-corrected chi connectivity index (χ0v) is 14.7. The molecule has 1 aliphatic rings. The van der Waals surface area contributed by atoms with Crippen molar-refractivity contribution in [1.29, 1.82) is 0 Å². The van der Waals surface area contributed by atoms with Gasteiger partial charge >= 0.3 is 0 Å². The maximum Gasteiger partial charge on any atom is 0.293 e. The summed E-state index contributed by atoms with van der Waals surface area (Å²) < 4.78 is 1.62. The number of aryl methyl sites for hydroxylation is 3. The van der Waals surface area contributed by atoms with Crippen LogP contribution in [0.1, 0.15) is 52.2 Å². The van der Waals surface area contributed by atoms with Gasteiger partial charge in [0.05, 0.1) is 5.69 Å². The number of H-pyrrole nitrogens is 1. The summed E-state index contributed by atoms with van der Waals surface area (Å²) >= 11 is 0. The van der Waals surface area contributed by atoms with Crippen LogP contribution < -0.4 is 0 Å². The number of carbonyl (C=O) groups excluding carboxylic acids is 1. The van der Waals surface area contributed by atoms with E-state index in [0.29, 0.717) is 12.3 Å². The summed E-state index contributed by atoms with van der Waals surface area (Å²) in [5.41, 5.74) is 3.84.